The van der Waals surface area contributed by atoms with Gasteiger partial charge < -0.3 is 9.84 Å². The fourth-order valence-corrected chi connectivity index (χ4v) is 2.33. The first kappa shape index (κ1) is 16.0. The van der Waals surface area contributed by atoms with Crippen molar-refractivity contribution >= 4 is 11.6 Å². The smallest absolute Gasteiger partial charge is 0.231 e. The van der Waals surface area contributed by atoms with Gasteiger partial charge >= 0.3 is 0 Å². The van der Waals surface area contributed by atoms with Crippen LogP contribution in [0.15, 0.2) is 28.8 Å². The van der Waals surface area contributed by atoms with Gasteiger partial charge in [-0.15, -0.1) is 0 Å². The Morgan fingerprint density at radius 1 is 1.33 bits per heavy atom. The number of nitrogens with zero attached hydrogens (tertiary/aromatic N) is 2. The predicted molar refractivity (Wildman–Crippen MR) is 84.7 cm³/mol. The Morgan fingerprint density at radius 2 is 2.14 bits per heavy atom. The molecule has 5 heteroatoms. The van der Waals surface area contributed by atoms with Gasteiger partial charge in [-0.1, -0.05) is 42.7 Å². The summed E-state index contributed by atoms with van der Waals surface area (Å²) in [5.41, 5.74) is 1.08. The van der Waals surface area contributed by atoms with Crippen LogP contribution in [-0.2, 0) is 6.42 Å². The van der Waals surface area contributed by atoms with Crippen molar-refractivity contribution in [2.45, 2.75) is 45.6 Å². The highest BCUT2D eigenvalue weighted by Gasteiger charge is 2.20. The van der Waals surface area contributed by atoms with Crippen LogP contribution in [0.1, 0.15) is 50.4 Å². The molecule has 4 nitrogen and oxygen atoms in total. The zero-order valence-electron chi connectivity index (χ0n) is 12.8. The van der Waals surface area contributed by atoms with E-state index in [1.54, 1.807) is 0 Å². The summed E-state index contributed by atoms with van der Waals surface area (Å²) in [6.45, 7) is 7.39. The number of rotatable bonds is 7. The van der Waals surface area contributed by atoms with Crippen molar-refractivity contribution in [1.82, 2.24) is 15.5 Å². The van der Waals surface area contributed by atoms with Crippen LogP contribution < -0.4 is 5.32 Å². The molecular weight excluding hydrogens is 286 g/mol. The van der Waals surface area contributed by atoms with Crippen LogP contribution in [0.2, 0.25) is 5.02 Å². The van der Waals surface area contributed by atoms with E-state index in [0.717, 1.165) is 23.6 Å². The molecule has 1 aromatic carbocycles. The monoisotopic (exact) mass is 307 g/mol. The Morgan fingerprint density at radius 3 is 2.86 bits per heavy atom. The molecule has 2 rings (SSSR count). The van der Waals surface area contributed by atoms with E-state index in [1.807, 2.05) is 24.3 Å². The number of benzene rings is 1. The van der Waals surface area contributed by atoms with Gasteiger partial charge in [-0.2, -0.15) is 4.98 Å². The highest BCUT2D eigenvalue weighted by Crippen LogP contribution is 2.19. The summed E-state index contributed by atoms with van der Waals surface area (Å²) in [7, 11) is 0. The molecule has 21 heavy (non-hydrogen) atoms. The molecule has 0 saturated heterocycles. The Labute approximate surface area is 130 Å². The lowest BCUT2D eigenvalue weighted by atomic mass is 10.0. The number of halogens is 1. The molecule has 2 atom stereocenters. The van der Waals surface area contributed by atoms with E-state index in [2.05, 4.69) is 36.2 Å². The standard InChI is InChI=1S/C16H22ClN3O/c1-4-8-18-12(3)11(2)16-19-15(20-21-16)10-13-6-5-7-14(17)9-13/h5-7,9,11-12,18H,4,8,10H2,1-3H3. The van der Waals surface area contributed by atoms with Gasteiger partial charge in [0.1, 0.15) is 0 Å². The van der Waals surface area contributed by atoms with Gasteiger partial charge in [-0.05, 0) is 37.6 Å². The topological polar surface area (TPSA) is 51.0 Å². The Kier molecular flexibility index (Phi) is 5.76. The molecule has 2 aromatic rings. The van der Waals surface area contributed by atoms with Gasteiger partial charge in [-0.25, -0.2) is 0 Å². The van der Waals surface area contributed by atoms with Crippen LogP contribution in [0.5, 0.6) is 0 Å². The van der Waals surface area contributed by atoms with Crippen molar-refractivity contribution in [3.8, 4) is 0 Å². The normalized spacial score (nSPS) is 14.1. The zero-order valence-corrected chi connectivity index (χ0v) is 13.5. The van der Waals surface area contributed by atoms with Gasteiger partial charge in [0.25, 0.3) is 0 Å². The molecule has 0 aliphatic rings. The fourth-order valence-electron chi connectivity index (χ4n) is 2.12. The number of nitrogens with one attached hydrogen (secondary N) is 1. The van der Waals surface area contributed by atoms with Crippen LogP contribution in [0.4, 0.5) is 0 Å². The minimum absolute atomic E-state index is 0.192. The maximum absolute atomic E-state index is 5.98. The van der Waals surface area contributed by atoms with E-state index in [4.69, 9.17) is 16.1 Å². The molecule has 0 radical (unpaired) electrons. The second-order valence-corrected chi connectivity index (χ2v) is 5.82. The summed E-state index contributed by atoms with van der Waals surface area (Å²) >= 11 is 5.98. The Hall–Kier alpha value is -1.39. The van der Waals surface area contributed by atoms with E-state index in [1.165, 1.54) is 0 Å². The van der Waals surface area contributed by atoms with E-state index in [0.29, 0.717) is 24.2 Å². The summed E-state index contributed by atoms with van der Waals surface area (Å²) in [5.74, 6) is 1.57. The maximum Gasteiger partial charge on any atom is 0.231 e. The first-order chi connectivity index (χ1) is 10.1. The molecule has 2 unspecified atom stereocenters. The predicted octanol–water partition coefficient (Wildman–Crippen LogP) is 3.81. The van der Waals surface area contributed by atoms with Crippen LogP contribution >= 0.6 is 11.6 Å². The largest absolute Gasteiger partial charge is 0.339 e. The summed E-state index contributed by atoms with van der Waals surface area (Å²) in [6, 6.07) is 8.03. The molecule has 114 valence electrons. The molecule has 0 fully saturated rings. The van der Waals surface area contributed by atoms with Gasteiger partial charge in [0.05, 0.1) is 5.92 Å². The van der Waals surface area contributed by atoms with E-state index < -0.39 is 0 Å². The van der Waals surface area contributed by atoms with Gasteiger partial charge in [0.15, 0.2) is 5.82 Å². The molecule has 0 saturated carbocycles. The molecule has 1 aromatic heterocycles. The average Bonchev–Trinajstić information content (AvgIpc) is 2.92. The lowest BCUT2D eigenvalue weighted by Crippen LogP contribution is -2.31. The van der Waals surface area contributed by atoms with Crippen LogP contribution in [0.3, 0.4) is 0 Å². The third-order valence-electron chi connectivity index (χ3n) is 3.59. The SMILES string of the molecule is CCCNC(C)C(C)c1nc(Cc2cccc(Cl)c2)no1. The fraction of sp³-hybridized carbons (Fsp3) is 0.500. The van der Waals surface area contributed by atoms with E-state index in [-0.39, 0.29) is 5.92 Å². The molecule has 1 N–H and O–H groups in total. The van der Waals surface area contributed by atoms with Crippen molar-refractivity contribution in [1.29, 1.82) is 0 Å². The minimum Gasteiger partial charge on any atom is -0.339 e. The summed E-state index contributed by atoms with van der Waals surface area (Å²) in [6.07, 6.45) is 1.74. The lowest BCUT2D eigenvalue weighted by Gasteiger charge is -2.17. The Balaban J connectivity index is 2.00. The summed E-state index contributed by atoms with van der Waals surface area (Å²) < 4.78 is 5.40. The number of aromatic nitrogens is 2. The van der Waals surface area contributed by atoms with Gasteiger partial charge in [0.2, 0.25) is 5.89 Å². The lowest BCUT2D eigenvalue weighted by molar-refractivity contribution is 0.328. The minimum atomic E-state index is 0.192. The van der Waals surface area contributed by atoms with E-state index >= 15 is 0 Å². The molecule has 0 bridgehead atoms. The van der Waals surface area contributed by atoms with E-state index in [9.17, 15) is 0 Å². The van der Waals surface area contributed by atoms with Gasteiger partial charge in [-0.3, -0.25) is 0 Å². The van der Waals surface area contributed by atoms with Crippen LogP contribution in [-0.4, -0.2) is 22.7 Å². The zero-order chi connectivity index (χ0) is 15.2. The first-order valence-corrected chi connectivity index (χ1v) is 7.78. The van der Waals surface area contributed by atoms with Crippen molar-refractivity contribution < 1.29 is 4.52 Å². The Bertz CT molecular complexity index is 570. The number of hydrogen-bond acceptors (Lipinski definition) is 4. The highest BCUT2D eigenvalue weighted by molar-refractivity contribution is 6.30. The maximum atomic E-state index is 5.98. The first-order valence-electron chi connectivity index (χ1n) is 7.40. The van der Waals surface area contributed by atoms with Crippen LogP contribution in [0, 0.1) is 0 Å². The third-order valence-corrected chi connectivity index (χ3v) is 3.83. The van der Waals surface area contributed by atoms with Crippen molar-refractivity contribution in [2.75, 3.05) is 6.54 Å². The quantitative estimate of drug-likeness (QED) is 0.845. The molecule has 0 aliphatic carbocycles. The number of hydrogen-bond donors (Lipinski definition) is 1. The average molecular weight is 308 g/mol. The van der Waals surface area contributed by atoms with Crippen molar-refractivity contribution in [3.63, 3.8) is 0 Å². The second kappa shape index (κ2) is 7.57. The highest BCUT2D eigenvalue weighted by atomic mass is 35.5. The van der Waals surface area contributed by atoms with Crippen molar-refractivity contribution in [3.05, 3.63) is 46.6 Å². The van der Waals surface area contributed by atoms with Gasteiger partial charge in [0, 0.05) is 17.5 Å². The van der Waals surface area contributed by atoms with Crippen LogP contribution in [0.25, 0.3) is 0 Å². The molecule has 0 amide bonds. The second-order valence-electron chi connectivity index (χ2n) is 5.39. The molecule has 1 heterocycles. The molecular formula is C16H22ClN3O. The molecule has 0 spiro atoms. The molecule has 0 aliphatic heterocycles. The van der Waals surface area contributed by atoms with Crippen molar-refractivity contribution in [2.24, 2.45) is 0 Å². The third kappa shape index (κ3) is 4.55. The summed E-state index contributed by atoms with van der Waals surface area (Å²) in [4.78, 5) is 4.50. The summed E-state index contributed by atoms with van der Waals surface area (Å²) in [5, 5.41) is 8.24.